The molecular weight excluding hydrogens is 268 g/mol. The minimum absolute atomic E-state index is 0.113. The number of carbonyl (C=O) groups excluding carboxylic acids is 1. The third kappa shape index (κ3) is 3.04. The Morgan fingerprint density at radius 1 is 1.42 bits per heavy atom. The predicted molar refractivity (Wildman–Crippen MR) is 72.4 cm³/mol. The number of nitro benzene ring substituents is 1. The first-order valence-corrected chi connectivity index (χ1v) is 6.60. The van der Waals surface area contributed by atoms with Gasteiger partial charge in [-0.3, -0.25) is 14.9 Å². The van der Waals surface area contributed by atoms with Gasteiger partial charge in [-0.2, -0.15) is 0 Å². The van der Waals surface area contributed by atoms with E-state index in [1.54, 1.807) is 4.90 Å². The van der Waals surface area contributed by atoms with E-state index in [9.17, 15) is 14.9 Å². The zero-order valence-electron chi connectivity index (χ0n) is 10.6. The van der Waals surface area contributed by atoms with Crippen molar-refractivity contribution in [1.29, 1.82) is 0 Å². The first-order chi connectivity index (χ1) is 8.99. The lowest BCUT2D eigenvalue weighted by Gasteiger charge is -2.30. The average molecular weight is 283 g/mol. The highest BCUT2D eigenvalue weighted by Gasteiger charge is 2.24. The molecule has 19 heavy (non-hydrogen) atoms. The molecule has 0 N–H and O–H groups in total. The quantitative estimate of drug-likeness (QED) is 0.618. The number of hydrogen-bond donors (Lipinski definition) is 0. The molecule has 1 aliphatic rings. The van der Waals surface area contributed by atoms with Crippen LogP contribution in [0.3, 0.4) is 0 Å². The molecule has 1 fully saturated rings. The number of amides is 1. The van der Waals surface area contributed by atoms with Crippen LogP contribution in [-0.4, -0.2) is 28.8 Å². The average Bonchev–Trinajstić information content (AvgIpc) is 2.39. The molecule has 0 bridgehead atoms. The third-order valence-electron chi connectivity index (χ3n) is 3.46. The number of rotatable bonds is 2. The Labute approximate surface area is 116 Å². The van der Waals surface area contributed by atoms with Gasteiger partial charge in [-0.05, 0) is 24.8 Å². The van der Waals surface area contributed by atoms with Crippen molar-refractivity contribution in [1.82, 2.24) is 4.90 Å². The molecule has 0 atom stereocenters. The molecule has 0 aliphatic carbocycles. The summed E-state index contributed by atoms with van der Waals surface area (Å²) in [5.41, 5.74) is 0.101. The molecule has 0 spiro atoms. The summed E-state index contributed by atoms with van der Waals surface area (Å²) in [6, 6.07) is 3.96. The normalized spacial score (nSPS) is 16.4. The van der Waals surface area contributed by atoms with E-state index in [2.05, 4.69) is 6.92 Å². The molecule has 0 radical (unpaired) electrons. The largest absolute Gasteiger partial charge is 0.339 e. The van der Waals surface area contributed by atoms with E-state index in [1.165, 1.54) is 18.2 Å². The highest BCUT2D eigenvalue weighted by Crippen LogP contribution is 2.25. The zero-order chi connectivity index (χ0) is 14.0. The van der Waals surface area contributed by atoms with Crippen LogP contribution in [0.25, 0.3) is 0 Å². The van der Waals surface area contributed by atoms with E-state index >= 15 is 0 Å². The van der Waals surface area contributed by atoms with E-state index in [0.717, 1.165) is 12.8 Å². The van der Waals surface area contributed by atoms with Gasteiger partial charge in [0.15, 0.2) is 0 Å². The minimum atomic E-state index is -0.522. The fraction of sp³-hybridized carbons (Fsp3) is 0.462. The Morgan fingerprint density at radius 3 is 2.63 bits per heavy atom. The van der Waals surface area contributed by atoms with Gasteiger partial charge in [-0.1, -0.05) is 18.5 Å². The molecule has 102 valence electrons. The molecule has 0 saturated carbocycles. The summed E-state index contributed by atoms with van der Waals surface area (Å²) >= 11 is 5.97. The number of nitro groups is 1. The summed E-state index contributed by atoms with van der Waals surface area (Å²) in [4.78, 5) is 24.3. The van der Waals surface area contributed by atoms with E-state index in [0.29, 0.717) is 19.0 Å². The van der Waals surface area contributed by atoms with Crippen molar-refractivity contribution in [3.8, 4) is 0 Å². The number of benzene rings is 1. The van der Waals surface area contributed by atoms with Crippen LogP contribution < -0.4 is 0 Å². The molecule has 1 heterocycles. The Bertz CT molecular complexity index is 511. The first kappa shape index (κ1) is 13.8. The van der Waals surface area contributed by atoms with Crippen LogP contribution in [0, 0.1) is 16.0 Å². The van der Waals surface area contributed by atoms with Crippen molar-refractivity contribution in [2.24, 2.45) is 5.92 Å². The van der Waals surface area contributed by atoms with E-state index in [-0.39, 0.29) is 22.2 Å². The third-order valence-corrected chi connectivity index (χ3v) is 3.79. The van der Waals surface area contributed by atoms with Gasteiger partial charge in [0.2, 0.25) is 0 Å². The van der Waals surface area contributed by atoms with Gasteiger partial charge in [0.1, 0.15) is 0 Å². The molecule has 0 unspecified atom stereocenters. The molecular formula is C13H15ClN2O3. The van der Waals surface area contributed by atoms with Crippen LogP contribution in [0.15, 0.2) is 18.2 Å². The van der Waals surface area contributed by atoms with Crippen LogP contribution in [-0.2, 0) is 0 Å². The number of nitrogens with zero attached hydrogens (tertiary/aromatic N) is 2. The van der Waals surface area contributed by atoms with Crippen molar-refractivity contribution in [2.45, 2.75) is 19.8 Å². The molecule has 0 aromatic heterocycles. The number of halogens is 1. The van der Waals surface area contributed by atoms with E-state index in [4.69, 9.17) is 11.6 Å². The number of piperidine rings is 1. The summed E-state index contributed by atoms with van der Waals surface area (Å²) in [5, 5.41) is 11.0. The molecule has 1 aliphatic heterocycles. The minimum Gasteiger partial charge on any atom is -0.339 e. The van der Waals surface area contributed by atoms with Gasteiger partial charge in [0.05, 0.1) is 15.5 Å². The van der Waals surface area contributed by atoms with Gasteiger partial charge < -0.3 is 4.90 Å². The Balaban J connectivity index is 2.23. The smallest absolute Gasteiger partial charge is 0.270 e. The Hall–Kier alpha value is -1.62. The summed E-state index contributed by atoms with van der Waals surface area (Å²) in [6.07, 6.45) is 1.91. The second-order valence-corrected chi connectivity index (χ2v) is 5.30. The van der Waals surface area contributed by atoms with Gasteiger partial charge >= 0.3 is 0 Å². The van der Waals surface area contributed by atoms with E-state index in [1.807, 2.05) is 0 Å². The lowest BCUT2D eigenvalue weighted by atomic mass is 9.98. The second-order valence-electron chi connectivity index (χ2n) is 4.90. The van der Waals surface area contributed by atoms with Gasteiger partial charge in [-0.25, -0.2) is 0 Å². The van der Waals surface area contributed by atoms with Crippen molar-refractivity contribution < 1.29 is 9.72 Å². The van der Waals surface area contributed by atoms with Crippen LogP contribution in [0.5, 0.6) is 0 Å². The lowest BCUT2D eigenvalue weighted by molar-refractivity contribution is -0.384. The maximum atomic E-state index is 12.3. The Morgan fingerprint density at radius 2 is 2.05 bits per heavy atom. The second kappa shape index (κ2) is 5.57. The van der Waals surface area contributed by atoms with Crippen molar-refractivity contribution >= 4 is 23.2 Å². The maximum Gasteiger partial charge on any atom is 0.270 e. The molecule has 1 aromatic rings. The SMILES string of the molecule is CC1CCN(C(=O)c2cc([N+](=O)[O-])ccc2Cl)CC1. The molecule has 6 heteroatoms. The van der Waals surface area contributed by atoms with E-state index < -0.39 is 4.92 Å². The molecule has 1 amide bonds. The van der Waals surface area contributed by atoms with Crippen LogP contribution in [0.2, 0.25) is 5.02 Å². The molecule has 5 nitrogen and oxygen atoms in total. The van der Waals surface area contributed by atoms with Crippen LogP contribution >= 0.6 is 11.6 Å². The lowest BCUT2D eigenvalue weighted by Crippen LogP contribution is -2.38. The van der Waals surface area contributed by atoms with Crippen LogP contribution in [0.1, 0.15) is 30.1 Å². The first-order valence-electron chi connectivity index (χ1n) is 6.22. The standard InChI is InChI=1S/C13H15ClN2O3/c1-9-4-6-15(7-5-9)13(17)11-8-10(16(18)19)2-3-12(11)14/h2-3,8-9H,4-7H2,1H3. The predicted octanol–water partition coefficient (Wildman–Crippen LogP) is 3.12. The summed E-state index contributed by atoms with van der Waals surface area (Å²) in [5.74, 6) is 0.394. The highest BCUT2D eigenvalue weighted by atomic mass is 35.5. The maximum absolute atomic E-state index is 12.3. The van der Waals surface area contributed by atoms with Gasteiger partial charge in [0, 0.05) is 25.2 Å². The molecule has 1 aromatic carbocycles. The topological polar surface area (TPSA) is 63.5 Å². The number of hydrogen-bond acceptors (Lipinski definition) is 3. The number of likely N-dealkylation sites (tertiary alicyclic amines) is 1. The highest BCUT2D eigenvalue weighted by molar-refractivity contribution is 6.33. The molecule has 1 saturated heterocycles. The van der Waals surface area contributed by atoms with Crippen molar-refractivity contribution in [2.75, 3.05) is 13.1 Å². The number of non-ortho nitro benzene ring substituents is 1. The fourth-order valence-corrected chi connectivity index (χ4v) is 2.37. The summed E-state index contributed by atoms with van der Waals surface area (Å²) in [6.45, 7) is 3.51. The molecule has 2 rings (SSSR count). The van der Waals surface area contributed by atoms with Crippen LogP contribution in [0.4, 0.5) is 5.69 Å². The monoisotopic (exact) mass is 282 g/mol. The Kier molecular flexibility index (Phi) is 4.04. The van der Waals surface area contributed by atoms with Gasteiger partial charge in [-0.15, -0.1) is 0 Å². The van der Waals surface area contributed by atoms with Gasteiger partial charge in [0.25, 0.3) is 11.6 Å². The summed E-state index contributed by atoms with van der Waals surface area (Å²) in [7, 11) is 0. The summed E-state index contributed by atoms with van der Waals surface area (Å²) < 4.78 is 0. The zero-order valence-corrected chi connectivity index (χ0v) is 11.4. The fourth-order valence-electron chi connectivity index (χ4n) is 2.17. The van der Waals surface area contributed by atoms with Crippen molar-refractivity contribution in [3.63, 3.8) is 0 Å². The van der Waals surface area contributed by atoms with Crippen molar-refractivity contribution in [3.05, 3.63) is 38.9 Å². The number of carbonyl (C=O) groups is 1.